The molecule has 2 heterocycles. The van der Waals surface area contributed by atoms with Gasteiger partial charge in [-0.15, -0.1) is 0 Å². The zero-order valence-electron chi connectivity index (χ0n) is 11.3. The molecular formula is C13H14F2N2O2S2. The van der Waals surface area contributed by atoms with Gasteiger partial charge in [0.15, 0.2) is 14.9 Å². The third-order valence-corrected chi connectivity index (χ3v) is 6.12. The topological polar surface area (TPSA) is 40.6 Å². The van der Waals surface area contributed by atoms with Crippen molar-refractivity contribution < 1.29 is 17.2 Å². The lowest BCUT2D eigenvalue weighted by molar-refractivity contribution is 0.373. The number of thiocarbonyl (C=S) groups is 1. The lowest BCUT2D eigenvalue weighted by Crippen LogP contribution is -2.38. The van der Waals surface area contributed by atoms with Gasteiger partial charge in [0.2, 0.25) is 0 Å². The second-order valence-electron chi connectivity index (χ2n) is 5.25. The number of rotatable bonds is 2. The fraction of sp³-hybridized carbons (Fsp3) is 0.462. The van der Waals surface area contributed by atoms with Crippen LogP contribution in [0.3, 0.4) is 0 Å². The Balaban J connectivity index is 2.07. The molecule has 3 rings (SSSR count). The van der Waals surface area contributed by atoms with Crippen LogP contribution in [-0.2, 0) is 9.84 Å². The van der Waals surface area contributed by atoms with E-state index in [0.29, 0.717) is 11.7 Å². The van der Waals surface area contributed by atoms with E-state index < -0.39 is 27.5 Å². The predicted molar refractivity (Wildman–Crippen MR) is 80.0 cm³/mol. The number of sulfone groups is 1. The average molecular weight is 332 g/mol. The molecule has 0 saturated carbocycles. The maximum atomic E-state index is 14.0. The van der Waals surface area contributed by atoms with Crippen LogP contribution in [0, 0.1) is 11.6 Å². The van der Waals surface area contributed by atoms with Crippen molar-refractivity contribution >= 4 is 32.9 Å². The zero-order valence-corrected chi connectivity index (χ0v) is 12.9. The van der Waals surface area contributed by atoms with Crippen molar-refractivity contribution in [3.8, 4) is 0 Å². The fourth-order valence-electron chi connectivity index (χ4n) is 3.11. The summed E-state index contributed by atoms with van der Waals surface area (Å²) in [5.41, 5.74) is 0.129. The molecule has 8 heteroatoms. The maximum absolute atomic E-state index is 14.0. The van der Waals surface area contributed by atoms with Crippen molar-refractivity contribution in [2.45, 2.75) is 19.0 Å². The molecule has 0 amide bonds. The number of nitrogens with zero attached hydrogens (tertiary/aromatic N) is 2. The van der Waals surface area contributed by atoms with Gasteiger partial charge >= 0.3 is 0 Å². The van der Waals surface area contributed by atoms with Gasteiger partial charge in [-0.3, -0.25) is 0 Å². The van der Waals surface area contributed by atoms with Gasteiger partial charge in [-0.2, -0.15) is 0 Å². The molecule has 2 saturated heterocycles. The van der Waals surface area contributed by atoms with E-state index in [-0.39, 0.29) is 23.2 Å². The highest BCUT2D eigenvalue weighted by atomic mass is 32.2. The standard InChI is InChI=1S/C13H14F2N2O2S2/c1-2-16-11-6-21(18,19)7-12(11)17(13(16)20)10-4-3-8(14)5-9(10)15/h3-5,11-12H,2,6-7H2,1H3/t11-,12-/m0/s1. The van der Waals surface area contributed by atoms with Crippen molar-refractivity contribution in [1.29, 1.82) is 0 Å². The van der Waals surface area contributed by atoms with E-state index in [0.717, 1.165) is 12.1 Å². The lowest BCUT2D eigenvalue weighted by Gasteiger charge is -2.25. The Morgan fingerprint density at radius 3 is 2.57 bits per heavy atom. The van der Waals surface area contributed by atoms with E-state index in [1.54, 1.807) is 4.90 Å². The maximum Gasteiger partial charge on any atom is 0.176 e. The van der Waals surface area contributed by atoms with Gasteiger partial charge in [-0.1, -0.05) is 0 Å². The van der Waals surface area contributed by atoms with Crippen molar-refractivity contribution in [1.82, 2.24) is 4.90 Å². The molecule has 2 aliphatic heterocycles. The van der Waals surface area contributed by atoms with Crippen LogP contribution in [0.15, 0.2) is 18.2 Å². The van der Waals surface area contributed by atoms with Crippen LogP contribution < -0.4 is 4.90 Å². The number of likely N-dealkylation sites (N-methyl/N-ethyl adjacent to an activating group) is 1. The molecule has 4 nitrogen and oxygen atoms in total. The average Bonchev–Trinajstić information content (AvgIpc) is 2.80. The van der Waals surface area contributed by atoms with Crippen molar-refractivity contribution in [2.75, 3.05) is 23.0 Å². The Labute approximate surface area is 127 Å². The van der Waals surface area contributed by atoms with E-state index in [4.69, 9.17) is 12.2 Å². The summed E-state index contributed by atoms with van der Waals surface area (Å²) in [4.78, 5) is 3.32. The van der Waals surface area contributed by atoms with Crippen LogP contribution >= 0.6 is 12.2 Å². The Bertz CT molecular complexity index is 708. The van der Waals surface area contributed by atoms with Crippen molar-refractivity contribution in [3.05, 3.63) is 29.8 Å². The monoisotopic (exact) mass is 332 g/mol. The third-order valence-electron chi connectivity index (χ3n) is 3.99. The Morgan fingerprint density at radius 2 is 1.95 bits per heavy atom. The van der Waals surface area contributed by atoms with Crippen LogP contribution in [0.5, 0.6) is 0 Å². The van der Waals surface area contributed by atoms with E-state index in [1.807, 2.05) is 6.92 Å². The van der Waals surface area contributed by atoms with E-state index in [9.17, 15) is 17.2 Å². The second-order valence-corrected chi connectivity index (χ2v) is 7.76. The van der Waals surface area contributed by atoms with E-state index in [2.05, 4.69) is 0 Å². The van der Waals surface area contributed by atoms with Gasteiger partial charge in [-0.25, -0.2) is 17.2 Å². The van der Waals surface area contributed by atoms with Crippen LogP contribution in [0.4, 0.5) is 14.5 Å². The van der Waals surface area contributed by atoms with Gasteiger partial charge in [0.1, 0.15) is 11.6 Å². The predicted octanol–water partition coefficient (Wildman–Crippen LogP) is 1.56. The largest absolute Gasteiger partial charge is 0.343 e. The minimum Gasteiger partial charge on any atom is -0.343 e. The highest BCUT2D eigenvalue weighted by molar-refractivity contribution is 7.91. The van der Waals surface area contributed by atoms with Gasteiger partial charge in [0.25, 0.3) is 0 Å². The minimum atomic E-state index is -3.17. The molecule has 114 valence electrons. The first-order chi connectivity index (χ1) is 9.84. The molecule has 2 atom stereocenters. The summed E-state index contributed by atoms with van der Waals surface area (Å²) >= 11 is 5.36. The summed E-state index contributed by atoms with van der Waals surface area (Å²) in [5, 5.41) is 0.396. The number of benzene rings is 1. The first-order valence-corrected chi connectivity index (χ1v) is 8.82. The smallest absolute Gasteiger partial charge is 0.176 e. The van der Waals surface area contributed by atoms with E-state index in [1.165, 1.54) is 11.0 Å². The van der Waals surface area contributed by atoms with Crippen LogP contribution in [0.25, 0.3) is 0 Å². The zero-order chi connectivity index (χ0) is 15.4. The molecule has 0 spiro atoms. The first-order valence-electron chi connectivity index (χ1n) is 6.59. The highest BCUT2D eigenvalue weighted by Gasteiger charge is 2.52. The number of hydrogen-bond acceptors (Lipinski definition) is 3. The molecule has 21 heavy (non-hydrogen) atoms. The summed E-state index contributed by atoms with van der Waals surface area (Å²) in [6, 6.07) is 2.55. The molecule has 2 aliphatic rings. The molecule has 1 aromatic carbocycles. The molecule has 0 aliphatic carbocycles. The van der Waals surface area contributed by atoms with Gasteiger partial charge in [0, 0.05) is 12.6 Å². The van der Waals surface area contributed by atoms with Gasteiger partial charge in [-0.05, 0) is 31.3 Å². The Kier molecular flexibility index (Phi) is 3.40. The minimum absolute atomic E-state index is 0.0188. The molecular weight excluding hydrogens is 318 g/mol. The highest BCUT2D eigenvalue weighted by Crippen LogP contribution is 2.36. The third kappa shape index (κ3) is 2.30. The number of halogens is 2. The number of hydrogen-bond donors (Lipinski definition) is 0. The molecule has 0 aromatic heterocycles. The molecule has 2 fully saturated rings. The van der Waals surface area contributed by atoms with E-state index >= 15 is 0 Å². The summed E-state index contributed by atoms with van der Waals surface area (Å²) in [6.45, 7) is 2.42. The summed E-state index contributed by atoms with van der Waals surface area (Å²) in [6.07, 6.45) is 0. The Hall–Kier alpha value is -1.28. The van der Waals surface area contributed by atoms with Gasteiger partial charge < -0.3 is 9.80 Å². The molecule has 0 unspecified atom stereocenters. The molecule has 0 N–H and O–H groups in total. The summed E-state index contributed by atoms with van der Waals surface area (Å²) in [7, 11) is -3.17. The quantitative estimate of drug-likeness (QED) is 0.769. The van der Waals surface area contributed by atoms with Crippen molar-refractivity contribution in [3.63, 3.8) is 0 Å². The van der Waals surface area contributed by atoms with Crippen LogP contribution in [0.2, 0.25) is 0 Å². The van der Waals surface area contributed by atoms with Crippen LogP contribution in [-0.4, -0.2) is 48.6 Å². The first kappa shape index (κ1) is 14.6. The number of anilines is 1. The fourth-order valence-corrected chi connectivity index (χ4v) is 5.55. The number of fused-ring (bicyclic) bond motifs is 1. The molecule has 1 aromatic rings. The lowest BCUT2D eigenvalue weighted by atomic mass is 10.1. The van der Waals surface area contributed by atoms with Crippen molar-refractivity contribution in [2.24, 2.45) is 0 Å². The SMILES string of the molecule is CCN1C(=S)N(c2ccc(F)cc2F)[C@H]2CS(=O)(=O)C[C@@H]21. The Morgan fingerprint density at radius 1 is 1.29 bits per heavy atom. The normalized spacial score (nSPS) is 27.3. The second kappa shape index (κ2) is 4.88. The molecule has 0 bridgehead atoms. The molecule has 0 radical (unpaired) electrons. The van der Waals surface area contributed by atoms with Crippen LogP contribution in [0.1, 0.15) is 6.92 Å². The van der Waals surface area contributed by atoms with Gasteiger partial charge in [0.05, 0.1) is 29.3 Å². The summed E-state index contributed by atoms with van der Waals surface area (Å²) in [5.74, 6) is -1.46. The summed E-state index contributed by atoms with van der Waals surface area (Å²) < 4.78 is 50.9.